The topological polar surface area (TPSA) is 52.0 Å². The maximum absolute atomic E-state index is 13.3. The van der Waals surface area contributed by atoms with Crippen LogP contribution in [0.1, 0.15) is 11.3 Å². The van der Waals surface area contributed by atoms with E-state index in [-0.39, 0.29) is 12.1 Å². The van der Waals surface area contributed by atoms with Gasteiger partial charge in [0, 0.05) is 38.2 Å². The Balaban J connectivity index is 2.28. The molecule has 0 amide bonds. The van der Waals surface area contributed by atoms with Crippen molar-refractivity contribution in [1.82, 2.24) is 20.1 Å². The average Bonchev–Trinajstić information content (AvgIpc) is 2.88. The predicted octanol–water partition coefficient (Wildman–Crippen LogP) is 2.02. The van der Waals surface area contributed by atoms with E-state index >= 15 is 0 Å². The number of aromatic nitrogens is 3. The van der Waals surface area contributed by atoms with Gasteiger partial charge in [-0.25, -0.2) is 4.68 Å². The molecule has 5 nitrogen and oxygen atoms in total. The Labute approximate surface area is 119 Å². The summed E-state index contributed by atoms with van der Waals surface area (Å²) in [7, 11) is 1.53. The number of ether oxygens (including phenoxy) is 1. The minimum Gasteiger partial charge on any atom is -0.383 e. The maximum Gasteiger partial charge on any atom is 0.433 e. The molecule has 0 fully saturated rings. The molecule has 2 aromatic rings. The number of nitrogens with one attached hydrogen (secondary N) is 1. The molecular formula is C13H15F3N4O. The molecule has 21 heavy (non-hydrogen) atoms. The summed E-state index contributed by atoms with van der Waals surface area (Å²) in [6.07, 6.45) is -0.414. The van der Waals surface area contributed by atoms with E-state index in [2.05, 4.69) is 15.4 Å². The summed E-state index contributed by atoms with van der Waals surface area (Å²) in [5.41, 5.74) is -0.366. The van der Waals surface area contributed by atoms with Crippen molar-refractivity contribution in [2.75, 3.05) is 20.3 Å². The highest BCUT2D eigenvalue weighted by atomic mass is 19.4. The number of methoxy groups -OCH3 is 1. The van der Waals surface area contributed by atoms with Crippen molar-refractivity contribution in [3.8, 4) is 5.69 Å². The van der Waals surface area contributed by atoms with Gasteiger partial charge in [0.25, 0.3) is 0 Å². The number of hydrogen-bond acceptors (Lipinski definition) is 4. The van der Waals surface area contributed by atoms with Crippen LogP contribution in [0.15, 0.2) is 30.7 Å². The number of alkyl halides is 3. The van der Waals surface area contributed by atoms with E-state index in [1.54, 1.807) is 0 Å². The van der Waals surface area contributed by atoms with E-state index in [1.807, 2.05) is 0 Å². The first kappa shape index (κ1) is 15.5. The first-order valence-corrected chi connectivity index (χ1v) is 6.28. The van der Waals surface area contributed by atoms with E-state index in [0.717, 1.165) is 4.68 Å². The summed E-state index contributed by atoms with van der Waals surface area (Å²) in [5.74, 6) is 0. The minimum atomic E-state index is -4.49. The molecule has 2 heterocycles. The molecule has 2 aromatic heterocycles. The Morgan fingerprint density at radius 1 is 1.29 bits per heavy atom. The Hall–Kier alpha value is -1.93. The highest BCUT2D eigenvalue weighted by Crippen LogP contribution is 2.33. The Kier molecular flexibility index (Phi) is 4.92. The highest BCUT2D eigenvalue weighted by molar-refractivity contribution is 5.34. The molecule has 0 spiro atoms. The summed E-state index contributed by atoms with van der Waals surface area (Å²) >= 11 is 0. The predicted molar refractivity (Wildman–Crippen MR) is 69.9 cm³/mol. The zero-order chi connectivity index (χ0) is 15.3. The number of nitrogens with zero attached hydrogens (tertiary/aromatic N) is 3. The van der Waals surface area contributed by atoms with E-state index in [4.69, 9.17) is 4.74 Å². The molecule has 0 saturated heterocycles. The quantitative estimate of drug-likeness (QED) is 0.829. The summed E-state index contributed by atoms with van der Waals surface area (Å²) in [4.78, 5) is 3.79. The molecule has 1 N–H and O–H groups in total. The summed E-state index contributed by atoms with van der Waals surface area (Å²) < 4.78 is 45.5. The van der Waals surface area contributed by atoms with Crippen LogP contribution in [0.5, 0.6) is 0 Å². The molecule has 114 valence electrons. The smallest absolute Gasteiger partial charge is 0.383 e. The van der Waals surface area contributed by atoms with Gasteiger partial charge >= 0.3 is 6.18 Å². The van der Waals surface area contributed by atoms with Gasteiger partial charge in [0.1, 0.15) is 0 Å². The third kappa shape index (κ3) is 3.79. The van der Waals surface area contributed by atoms with Gasteiger partial charge in [0.05, 0.1) is 18.5 Å². The first-order valence-electron chi connectivity index (χ1n) is 6.28. The van der Waals surface area contributed by atoms with Crippen molar-refractivity contribution in [2.24, 2.45) is 0 Å². The van der Waals surface area contributed by atoms with Gasteiger partial charge < -0.3 is 10.1 Å². The number of halogens is 3. The van der Waals surface area contributed by atoms with Gasteiger partial charge in [-0.3, -0.25) is 4.98 Å². The monoisotopic (exact) mass is 300 g/mol. The van der Waals surface area contributed by atoms with Crippen LogP contribution in [-0.2, 0) is 17.5 Å². The third-order valence-electron chi connectivity index (χ3n) is 2.82. The lowest BCUT2D eigenvalue weighted by Gasteiger charge is -2.13. The second kappa shape index (κ2) is 6.68. The Morgan fingerprint density at radius 2 is 2.00 bits per heavy atom. The standard InChI is InChI=1S/C13H15F3N4O/c1-21-7-6-18-8-10-9-19-20(12(10)13(14,15)16)11-2-4-17-5-3-11/h2-5,9,18H,6-8H2,1H3. The molecule has 0 aliphatic rings. The van der Waals surface area contributed by atoms with Crippen LogP contribution in [0.25, 0.3) is 5.69 Å². The zero-order valence-electron chi connectivity index (χ0n) is 11.4. The molecule has 0 atom stereocenters. The normalized spacial score (nSPS) is 11.8. The van der Waals surface area contributed by atoms with E-state index in [1.165, 1.54) is 37.8 Å². The van der Waals surface area contributed by atoms with Crippen molar-refractivity contribution in [1.29, 1.82) is 0 Å². The van der Waals surface area contributed by atoms with Crippen molar-refractivity contribution in [2.45, 2.75) is 12.7 Å². The molecule has 2 rings (SSSR count). The third-order valence-corrected chi connectivity index (χ3v) is 2.82. The van der Waals surface area contributed by atoms with Crippen LogP contribution in [0.4, 0.5) is 13.2 Å². The molecule has 0 aromatic carbocycles. The van der Waals surface area contributed by atoms with E-state index in [0.29, 0.717) is 18.8 Å². The Morgan fingerprint density at radius 3 is 2.62 bits per heavy atom. The highest BCUT2D eigenvalue weighted by Gasteiger charge is 2.38. The van der Waals surface area contributed by atoms with Crippen molar-refractivity contribution in [3.05, 3.63) is 42.0 Å². The molecule has 0 unspecified atom stereocenters. The fourth-order valence-electron chi connectivity index (χ4n) is 1.89. The first-order chi connectivity index (χ1) is 10.0. The lowest BCUT2D eigenvalue weighted by molar-refractivity contribution is -0.143. The van der Waals surface area contributed by atoms with E-state index in [9.17, 15) is 13.2 Å². The van der Waals surface area contributed by atoms with Crippen LogP contribution in [0, 0.1) is 0 Å². The molecule has 8 heteroatoms. The lowest BCUT2D eigenvalue weighted by atomic mass is 10.2. The van der Waals surface area contributed by atoms with Gasteiger partial charge in [-0.05, 0) is 12.1 Å². The van der Waals surface area contributed by atoms with Gasteiger partial charge in [-0.15, -0.1) is 0 Å². The van der Waals surface area contributed by atoms with Gasteiger partial charge in [0.15, 0.2) is 5.69 Å². The van der Waals surface area contributed by atoms with Crippen molar-refractivity contribution >= 4 is 0 Å². The largest absolute Gasteiger partial charge is 0.433 e. The number of hydrogen-bond donors (Lipinski definition) is 1. The van der Waals surface area contributed by atoms with Gasteiger partial charge in [0.2, 0.25) is 0 Å². The Bertz CT molecular complexity index is 569. The molecule has 0 aliphatic carbocycles. The summed E-state index contributed by atoms with van der Waals surface area (Å²) in [6, 6.07) is 2.95. The zero-order valence-corrected chi connectivity index (χ0v) is 11.4. The molecular weight excluding hydrogens is 285 g/mol. The maximum atomic E-state index is 13.3. The van der Waals surface area contributed by atoms with Crippen LogP contribution in [0.2, 0.25) is 0 Å². The molecule has 0 bridgehead atoms. The second-order valence-electron chi connectivity index (χ2n) is 4.30. The number of pyridine rings is 1. The van der Waals surface area contributed by atoms with Crippen LogP contribution < -0.4 is 5.32 Å². The van der Waals surface area contributed by atoms with Crippen LogP contribution >= 0.6 is 0 Å². The number of rotatable bonds is 6. The summed E-state index contributed by atoms with van der Waals surface area (Å²) in [5, 5.41) is 6.74. The van der Waals surface area contributed by atoms with Crippen molar-refractivity contribution < 1.29 is 17.9 Å². The van der Waals surface area contributed by atoms with Gasteiger partial charge in [-0.2, -0.15) is 18.3 Å². The molecule has 0 radical (unpaired) electrons. The minimum absolute atomic E-state index is 0.0727. The SMILES string of the molecule is COCCNCc1cnn(-c2ccncc2)c1C(F)(F)F. The average molecular weight is 300 g/mol. The summed E-state index contributed by atoms with van der Waals surface area (Å²) in [6.45, 7) is 0.970. The van der Waals surface area contributed by atoms with E-state index < -0.39 is 11.9 Å². The van der Waals surface area contributed by atoms with Crippen LogP contribution in [0.3, 0.4) is 0 Å². The lowest BCUT2D eigenvalue weighted by Crippen LogP contribution is -2.22. The fourth-order valence-corrected chi connectivity index (χ4v) is 1.89. The fraction of sp³-hybridized carbons (Fsp3) is 0.385. The van der Waals surface area contributed by atoms with Gasteiger partial charge in [-0.1, -0.05) is 0 Å². The van der Waals surface area contributed by atoms with Crippen molar-refractivity contribution in [3.63, 3.8) is 0 Å². The second-order valence-corrected chi connectivity index (χ2v) is 4.30. The molecule has 0 aliphatic heterocycles. The van der Waals surface area contributed by atoms with Crippen LogP contribution in [-0.4, -0.2) is 35.0 Å². The molecule has 0 saturated carbocycles.